The van der Waals surface area contributed by atoms with Crippen LogP contribution in [0.5, 0.6) is 5.75 Å². The number of likely N-dealkylation sites (N-methyl/N-ethyl adjacent to an activating group) is 1. The maximum Gasteiger partial charge on any atom is 0.134 e. The average molecular weight is 416 g/mol. The second-order valence-corrected chi connectivity index (χ2v) is 10.7. The molecular weight excluding hydrogens is 384 g/mol. The Morgan fingerprint density at radius 2 is 2.10 bits per heavy atom. The zero-order valence-electron chi connectivity index (χ0n) is 17.1. The first kappa shape index (κ1) is 19.5. The van der Waals surface area contributed by atoms with Crippen molar-refractivity contribution in [1.82, 2.24) is 0 Å². The van der Waals surface area contributed by atoms with Crippen LogP contribution in [0.3, 0.4) is 0 Å². The molecule has 2 saturated carbocycles. The molecule has 5 nitrogen and oxygen atoms in total. The van der Waals surface area contributed by atoms with E-state index in [0.29, 0.717) is 31.2 Å². The topological polar surface area (TPSA) is 83.5 Å². The van der Waals surface area contributed by atoms with Gasteiger partial charge >= 0.3 is 0 Å². The van der Waals surface area contributed by atoms with Crippen molar-refractivity contribution in [2.24, 2.45) is 11.7 Å². The number of nitrogens with two attached hydrogens (primary N) is 1. The molecule has 1 saturated heterocycles. The van der Waals surface area contributed by atoms with Gasteiger partial charge in [-0.25, -0.2) is 0 Å². The van der Waals surface area contributed by atoms with Crippen molar-refractivity contribution >= 4 is 23.0 Å². The van der Waals surface area contributed by atoms with Crippen molar-refractivity contribution in [3.63, 3.8) is 0 Å². The molecule has 3 aliphatic carbocycles. The van der Waals surface area contributed by atoms with Crippen LogP contribution >= 0.6 is 12.2 Å². The predicted molar refractivity (Wildman–Crippen MR) is 115 cm³/mol. The standard InChI is InChI=1S/C23H30N2O3S/c1-25(13-14-3-2-4-14)10-9-22-12-16(26)7-8-23(22,28)18(25)11-15-5-6-17(21(24)29)20(27)19(15)22/h5-6,14,18,28H,2-4,7-13H2,1H3,(H2-,24,27,29)/p+1. The van der Waals surface area contributed by atoms with Gasteiger partial charge in [0.05, 0.1) is 25.7 Å². The lowest BCUT2D eigenvalue weighted by atomic mass is 9.48. The molecule has 4 N–H and O–H groups in total. The fourth-order valence-electron chi connectivity index (χ4n) is 7.10. The van der Waals surface area contributed by atoms with E-state index in [1.165, 1.54) is 19.3 Å². The Labute approximate surface area is 177 Å². The highest BCUT2D eigenvalue weighted by Gasteiger charge is 2.70. The van der Waals surface area contributed by atoms with Crippen LogP contribution in [0.15, 0.2) is 12.1 Å². The van der Waals surface area contributed by atoms with Crippen LogP contribution in [0, 0.1) is 5.92 Å². The molecule has 1 aromatic rings. The van der Waals surface area contributed by atoms with Crippen molar-refractivity contribution in [1.29, 1.82) is 0 Å². The quantitative estimate of drug-likeness (QED) is 0.521. The Bertz CT molecular complexity index is 914. The summed E-state index contributed by atoms with van der Waals surface area (Å²) in [5.74, 6) is 1.00. The molecule has 156 valence electrons. The molecule has 1 aliphatic heterocycles. The van der Waals surface area contributed by atoms with E-state index in [1.54, 1.807) is 6.07 Å². The molecule has 2 bridgehead atoms. The molecule has 0 radical (unpaired) electrons. The van der Waals surface area contributed by atoms with E-state index in [0.717, 1.165) is 41.0 Å². The number of benzene rings is 1. The molecule has 1 heterocycles. The fourth-order valence-corrected chi connectivity index (χ4v) is 7.27. The summed E-state index contributed by atoms with van der Waals surface area (Å²) in [6.45, 7) is 2.02. The second-order valence-electron chi connectivity index (χ2n) is 10.2. The van der Waals surface area contributed by atoms with Gasteiger partial charge in [-0.15, -0.1) is 0 Å². The number of Topliss-reactive ketones (excluding diaryl/α,β-unsaturated/α-hetero) is 1. The number of aromatic hydroxyl groups is 1. The van der Waals surface area contributed by atoms with Crippen molar-refractivity contribution in [3.05, 3.63) is 28.8 Å². The summed E-state index contributed by atoms with van der Waals surface area (Å²) in [5, 5.41) is 23.5. The maximum atomic E-state index is 12.6. The molecular formula is C23H31N2O3S+. The van der Waals surface area contributed by atoms with Crippen molar-refractivity contribution < 1.29 is 19.5 Å². The largest absolute Gasteiger partial charge is 0.507 e. The van der Waals surface area contributed by atoms with Gasteiger partial charge in [-0.05, 0) is 30.9 Å². The molecule has 4 unspecified atom stereocenters. The molecule has 6 heteroatoms. The van der Waals surface area contributed by atoms with Gasteiger partial charge in [0, 0.05) is 42.6 Å². The van der Waals surface area contributed by atoms with E-state index < -0.39 is 11.0 Å². The minimum atomic E-state index is -0.989. The van der Waals surface area contributed by atoms with Crippen LogP contribution in [0.2, 0.25) is 0 Å². The van der Waals surface area contributed by atoms with Gasteiger partial charge in [-0.3, -0.25) is 4.79 Å². The zero-order valence-corrected chi connectivity index (χ0v) is 17.9. The first-order valence-electron chi connectivity index (χ1n) is 10.9. The van der Waals surface area contributed by atoms with Gasteiger partial charge in [0.15, 0.2) is 0 Å². The Kier molecular flexibility index (Phi) is 4.20. The number of phenolic OH excluding ortho intramolecular Hbond substituents is 1. The Hall–Kier alpha value is -1.50. The number of phenols is 1. The number of carbonyl (C=O) groups excluding carboxylic acids is 1. The number of ketones is 1. The van der Waals surface area contributed by atoms with Gasteiger partial charge in [0.25, 0.3) is 0 Å². The van der Waals surface area contributed by atoms with Gasteiger partial charge in [0.1, 0.15) is 28.2 Å². The number of piperidine rings is 1. The molecule has 0 amide bonds. The Balaban J connectivity index is 1.69. The average Bonchev–Trinajstić information content (AvgIpc) is 2.62. The summed E-state index contributed by atoms with van der Waals surface area (Å²) in [7, 11) is 2.30. The molecule has 4 atom stereocenters. The van der Waals surface area contributed by atoms with Gasteiger partial charge < -0.3 is 20.4 Å². The summed E-state index contributed by atoms with van der Waals surface area (Å²) in [6, 6.07) is 3.86. The summed E-state index contributed by atoms with van der Waals surface area (Å²) in [5.41, 5.74) is 6.37. The number of aliphatic hydroxyl groups is 1. The van der Waals surface area contributed by atoms with Crippen LogP contribution in [-0.4, -0.2) is 57.2 Å². The van der Waals surface area contributed by atoms with Crippen molar-refractivity contribution in [2.45, 2.75) is 68.4 Å². The number of hydrogen-bond donors (Lipinski definition) is 3. The first-order chi connectivity index (χ1) is 13.7. The van der Waals surface area contributed by atoms with E-state index in [4.69, 9.17) is 18.0 Å². The van der Waals surface area contributed by atoms with Crippen LogP contribution in [0.1, 0.15) is 61.6 Å². The van der Waals surface area contributed by atoms with E-state index in [2.05, 4.69) is 7.05 Å². The number of nitrogens with zero attached hydrogens (tertiary/aromatic N) is 1. The van der Waals surface area contributed by atoms with Crippen molar-refractivity contribution in [3.8, 4) is 5.75 Å². The number of thiocarbonyl (C=S) groups is 1. The highest BCUT2D eigenvalue weighted by Crippen LogP contribution is 2.61. The summed E-state index contributed by atoms with van der Waals surface area (Å²) in [6.07, 6.45) is 6.51. The lowest BCUT2D eigenvalue weighted by molar-refractivity contribution is -0.952. The highest BCUT2D eigenvalue weighted by molar-refractivity contribution is 7.80. The van der Waals surface area contributed by atoms with E-state index in [-0.39, 0.29) is 22.6 Å². The van der Waals surface area contributed by atoms with Crippen molar-refractivity contribution in [2.75, 3.05) is 20.1 Å². The minimum absolute atomic E-state index is 0.0486. The Morgan fingerprint density at radius 1 is 1.34 bits per heavy atom. The third kappa shape index (κ3) is 2.52. The van der Waals surface area contributed by atoms with E-state index in [1.807, 2.05) is 6.07 Å². The minimum Gasteiger partial charge on any atom is -0.507 e. The molecule has 0 spiro atoms. The molecule has 4 aliphatic rings. The molecule has 1 aromatic carbocycles. The monoisotopic (exact) mass is 415 g/mol. The third-order valence-corrected chi connectivity index (χ3v) is 9.01. The third-order valence-electron chi connectivity index (χ3n) is 8.79. The van der Waals surface area contributed by atoms with Crippen LogP contribution < -0.4 is 5.73 Å². The van der Waals surface area contributed by atoms with E-state index >= 15 is 0 Å². The maximum absolute atomic E-state index is 12.6. The summed E-state index contributed by atoms with van der Waals surface area (Å²) >= 11 is 5.15. The number of quaternary nitrogens is 1. The molecule has 29 heavy (non-hydrogen) atoms. The molecule has 0 aromatic heterocycles. The summed E-state index contributed by atoms with van der Waals surface area (Å²) in [4.78, 5) is 12.8. The zero-order chi connectivity index (χ0) is 20.6. The molecule has 3 fully saturated rings. The lowest BCUT2D eigenvalue weighted by Crippen LogP contribution is -2.78. The smallest absolute Gasteiger partial charge is 0.134 e. The second kappa shape index (κ2) is 6.25. The van der Waals surface area contributed by atoms with Crippen LogP contribution in [-0.2, 0) is 16.6 Å². The SMILES string of the molecule is C[N+]1(CC2CCC2)CCC23CC(=O)CCC2(O)C1Cc1ccc(C(N)=S)c(O)c13. The van der Waals surface area contributed by atoms with Crippen LogP contribution in [0.25, 0.3) is 0 Å². The van der Waals surface area contributed by atoms with Crippen LogP contribution in [0.4, 0.5) is 0 Å². The number of hydrogen-bond acceptors (Lipinski definition) is 4. The normalized spacial score (nSPS) is 38.7. The van der Waals surface area contributed by atoms with E-state index in [9.17, 15) is 15.0 Å². The Morgan fingerprint density at radius 3 is 2.76 bits per heavy atom. The molecule has 5 rings (SSSR count). The van der Waals surface area contributed by atoms with Gasteiger partial charge in [-0.2, -0.15) is 0 Å². The highest BCUT2D eigenvalue weighted by atomic mass is 32.1. The number of fused-ring (bicyclic) bond motifs is 1. The van der Waals surface area contributed by atoms with Gasteiger partial charge in [0.2, 0.25) is 0 Å². The number of likely N-dealkylation sites (tertiary alicyclic amines) is 1. The number of rotatable bonds is 3. The van der Waals surface area contributed by atoms with Gasteiger partial charge in [-0.1, -0.05) is 24.7 Å². The predicted octanol–water partition coefficient (Wildman–Crippen LogP) is 2.32. The lowest BCUT2D eigenvalue weighted by Gasteiger charge is -2.65. The first-order valence-corrected chi connectivity index (χ1v) is 11.3. The number of carbonyl (C=O) groups is 1. The fraction of sp³-hybridized carbons (Fsp3) is 0.652. The summed E-state index contributed by atoms with van der Waals surface area (Å²) < 4.78 is 0.869.